The molecule has 0 saturated carbocycles. The Labute approximate surface area is 180 Å². The van der Waals surface area contributed by atoms with Gasteiger partial charge in [-0.05, 0) is 68.0 Å². The highest BCUT2D eigenvalue weighted by molar-refractivity contribution is 7.22. The molecule has 1 fully saturated rings. The Morgan fingerprint density at radius 1 is 1.07 bits per heavy atom. The van der Waals surface area contributed by atoms with Crippen molar-refractivity contribution in [3.05, 3.63) is 53.6 Å². The number of aryl methyl sites for hydroxylation is 2. The summed E-state index contributed by atoms with van der Waals surface area (Å²) in [5.74, 6) is -0.832. The van der Waals surface area contributed by atoms with Crippen molar-refractivity contribution in [2.45, 2.75) is 26.7 Å². The number of para-hydroxylation sites is 1. The van der Waals surface area contributed by atoms with Gasteiger partial charge in [0.05, 0.1) is 10.2 Å². The molecular formula is C23H26N4O2S. The van der Waals surface area contributed by atoms with Crippen molar-refractivity contribution >= 4 is 44.2 Å². The Kier molecular flexibility index (Phi) is 5.99. The standard InChI is InChI=1S/C23H26N4O2S/c1-15-7-8-18(13-16(15)2)25-22(29)21(28)24-14-17-9-11-27(12-10-17)23-26-19-5-3-4-6-20(19)30-23/h3-8,13,17H,9-12,14H2,1-2H3,(H,24,28)(H,25,29). The third-order valence-corrected chi connectivity index (χ3v) is 6.79. The van der Waals surface area contributed by atoms with E-state index in [0.29, 0.717) is 18.2 Å². The molecule has 1 aliphatic rings. The summed E-state index contributed by atoms with van der Waals surface area (Å²) in [6.45, 7) is 6.33. The highest BCUT2D eigenvalue weighted by atomic mass is 32.1. The summed E-state index contributed by atoms with van der Waals surface area (Å²) in [7, 11) is 0. The van der Waals surface area contributed by atoms with Gasteiger partial charge in [0.2, 0.25) is 0 Å². The largest absolute Gasteiger partial charge is 0.348 e. The molecule has 2 heterocycles. The smallest absolute Gasteiger partial charge is 0.313 e. The SMILES string of the molecule is Cc1ccc(NC(=O)C(=O)NCC2CCN(c3nc4ccccc4s3)CC2)cc1C. The van der Waals surface area contributed by atoms with Crippen LogP contribution in [0.25, 0.3) is 10.2 Å². The summed E-state index contributed by atoms with van der Waals surface area (Å²) < 4.78 is 1.21. The van der Waals surface area contributed by atoms with E-state index in [1.165, 1.54) is 4.70 Å². The van der Waals surface area contributed by atoms with Gasteiger partial charge in [0, 0.05) is 25.3 Å². The molecule has 1 aromatic heterocycles. The number of fused-ring (bicyclic) bond motifs is 1. The molecule has 2 amide bonds. The quantitative estimate of drug-likeness (QED) is 0.626. The Balaban J connectivity index is 1.24. The minimum absolute atomic E-state index is 0.369. The number of amides is 2. The van der Waals surface area contributed by atoms with Crippen molar-refractivity contribution in [1.29, 1.82) is 0 Å². The topological polar surface area (TPSA) is 74.3 Å². The van der Waals surface area contributed by atoms with Crippen LogP contribution in [0.2, 0.25) is 0 Å². The average molecular weight is 423 g/mol. The summed E-state index contributed by atoms with van der Waals surface area (Å²) in [6.07, 6.45) is 1.93. The first kappa shape index (κ1) is 20.3. The summed E-state index contributed by atoms with van der Waals surface area (Å²) in [5.41, 5.74) is 3.91. The van der Waals surface area contributed by atoms with Crippen LogP contribution in [0.1, 0.15) is 24.0 Å². The van der Waals surface area contributed by atoms with Gasteiger partial charge in [-0.15, -0.1) is 0 Å². The number of aromatic nitrogens is 1. The molecule has 2 N–H and O–H groups in total. The fourth-order valence-corrected chi connectivity index (χ4v) is 4.67. The van der Waals surface area contributed by atoms with Crippen LogP contribution in [0, 0.1) is 19.8 Å². The molecule has 0 aliphatic carbocycles. The summed E-state index contributed by atoms with van der Waals surface area (Å²) in [5, 5.41) is 6.53. The van der Waals surface area contributed by atoms with Gasteiger partial charge in [-0.2, -0.15) is 0 Å². The van der Waals surface area contributed by atoms with Gasteiger partial charge in [0.1, 0.15) is 0 Å². The maximum absolute atomic E-state index is 12.2. The van der Waals surface area contributed by atoms with Crippen LogP contribution < -0.4 is 15.5 Å². The fraction of sp³-hybridized carbons (Fsp3) is 0.348. The zero-order valence-corrected chi connectivity index (χ0v) is 18.1. The molecule has 0 unspecified atom stereocenters. The summed E-state index contributed by atoms with van der Waals surface area (Å²) >= 11 is 1.72. The number of hydrogen-bond donors (Lipinski definition) is 2. The third kappa shape index (κ3) is 4.62. The Morgan fingerprint density at radius 2 is 1.83 bits per heavy atom. The van der Waals surface area contributed by atoms with Crippen molar-refractivity contribution in [1.82, 2.24) is 10.3 Å². The van der Waals surface area contributed by atoms with E-state index in [4.69, 9.17) is 4.98 Å². The van der Waals surface area contributed by atoms with Crippen molar-refractivity contribution in [2.24, 2.45) is 5.92 Å². The Hall–Kier alpha value is -2.93. The van der Waals surface area contributed by atoms with Gasteiger partial charge in [-0.25, -0.2) is 4.98 Å². The Morgan fingerprint density at radius 3 is 2.57 bits per heavy atom. The minimum atomic E-state index is -0.620. The Bertz CT molecular complexity index is 1040. The number of piperidine rings is 1. The monoisotopic (exact) mass is 422 g/mol. The lowest BCUT2D eigenvalue weighted by atomic mass is 9.97. The molecule has 156 valence electrons. The van der Waals surface area contributed by atoms with E-state index in [9.17, 15) is 9.59 Å². The molecule has 0 radical (unpaired) electrons. The summed E-state index contributed by atoms with van der Waals surface area (Å²) in [4.78, 5) is 31.4. The predicted molar refractivity (Wildman–Crippen MR) is 122 cm³/mol. The van der Waals surface area contributed by atoms with Gasteiger partial charge < -0.3 is 15.5 Å². The van der Waals surface area contributed by atoms with Crippen LogP contribution in [0.15, 0.2) is 42.5 Å². The molecule has 1 aliphatic heterocycles. The first-order valence-electron chi connectivity index (χ1n) is 10.3. The van der Waals surface area contributed by atoms with E-state index in [2.05, 4.69) is 21.6 Å². The number of nitrogens with zero attached hydrogens (tertiary/aromatic N) is 2. The molecule has 0 spiro atoms. The first-order valence-corrected chi connectivity index (χ1v) is 11.1. The van der Waals surface area contributed by atoms with Gasteiger partial charge in [-0.1, -0.05) is 29.5 Å². The van der Waals surface area contributed by atoms with E-state index in [0.717, 1.165) is 47.7 Å². The van der Waals surface area contributed by atoms with Gasteiger partial charge in [0.25, 0.3) is 0 Å². The predicted octanol–water partition coefficient (Wildman–Crippen LogP) is 3.88. The highest BCUT2D eigenvalue weighted by Crippen LogP contribution is 2.31. The number of carbonyl (C=O) groups is 2. The molecular weight excluding hydrogens is 396 g/mol. The van der Waals surface area contributed by atoms with E-state index >= 15 is 0 Å². The average Bonchev–Trinajstić information content (AvgIpc) is 3.19. The zero-order valence-electron chi connectivity index (χ0n) is 17.3. The second kappa shape index (κ2) is 8.83. The number of rotatable bonds is 4. The maximum atomic E-state index is 12.2. The normalized spacial score (nSPS) is 14.7. The van der Waals surface area contributed by atoms with E-state index in [1.807, 2.05) is 50.2 Å². The molecule has 1 saturated heterocycles. The van der Waals surface area contributed by atoms with Crippen molar-refractivity contribution in [2.75, 3.05) is 29.9 Å². The molecule has 3 aromatic rings. The van der Waals surface area contributed by atoms with Gasteiger partial charge in [-0.3, -0.25) is 9.59 Å². The van der Waals surface area contributed by atoms with Crippen molar-refractivity contribution in [3.8, 4) is 0 Å². The van der Waals surface area contributed by atoms with Crippen LogP contribution >= 0.6 is 11.3 Å². The maximum Gasteiger partial charge on any atom is 0.313 e. The number of hydrogen-bond acceptors (Lipinski definition) is 5. The van der Waals surface area contributed by atoms with Crippen LogP contribution in [0.3, 0.4) is 0 Å². The second-order valence-electron chi connectivity index (χ2n) is 7.86. The van der Waals surface area contributed by atoms with Crippen molar-refractivity contribution in [3.63, 3.8) is 0 Å². The molecule has 7 heteroatoms. The highest BCUT2D eigenvalue weighted by Gasteiger charge is 2.23. The molecule has 0 atom stereocenters. The van der Waals surface area contributed by atoms with E-state index in [1.54, 1.807) is 11.3 Å². The van der Waals surface area contributed by atoms with Gasteiger partial charge >= 0.3 is 11.8 Å². The molecule has 0 bridgehead atoms. The van der Waals surface area contributed by atoms with Crippen LogP contribution in [-0.2, 0) is 9.59 Å². The molecule has 2 aromatic carbocycles. The number of thiazole rings is 1. The number of nitrogens with one attached hydrogen (secondary N) is 2. The van der Waals surface area contributed by atoms with E-state index in [-0.39, 0.29) is 0 Å². The van der Waals surface area contributed by atoms with Crippen LogP contribution in [0.5, 0.6) is 0 Å². The molecule has 4 rings (SSSR count). The zero-order chi connectivity index (χ0) is 21.1. The van der Waals surface area contributed by atoms with Gasteiger partial charge in [0.15, 0.2) is 5.13 Å². The number of anilines is 2. The fourth-order valence-electron chi connectivity index (χ4n) is 3.65. The van der Waals surface area contributed by atoms with Crippen molar-refractivity contribution < 1.29 is 9.59 Å². The third-order valence-electron chi connectivity index (χ3n) is 5.69. The molecule has 6 nitrogen and oxygen atoms in total. The number of benzene rings is 2. The molecule has 30 heavy (non-hydrogen) atoms. The summed E-state index contributed by atoms with van der Waals surface area (Å²) in [6, 6.07) is 13.8. The van der Waals surface area contributed by atoms with Crippen LogP contribution in [-0.4, -0.2) is 36.4 Å². The lowest BCUT2D eigenvalue weighted by Crippen LogP contribution is -2.41. The lowest BCUT2D eigenvalue weighted by molar-refractivity contribution is -0.136. The lowest BCUT2D eigenvalue weighted by Gasteiger charge is -2.31. The minimum Gasteiger partial charge on any atom is -0.348 e. The second-order valence-corrected chi connectivity index (χ2v) is 8.87. The first-order chi connectivity index (χ1) is 14.5. The number of carbonyl (C=O) groups excluding carboxylic acids is 2. The van der Waals surface area contributed by atoms with Crippen LogP contribution in [0.4, 0.5) is 10.8 Å². The van der Waals surface area contributed by atoms with E-state index < -0.39 is 11.8 Å².